The van der Waals surface area contributed by atoms with Crippen molar-refractivity contribution in [3.05, 3.63) is 36.4 Å². The van der Waals surface area contributed by atoms with Gasteiger partial charge in [0.25, 0.3) is 0 Å². The highest BCUT2D eigenvalue weighted by Crippen LogP contribution is 2.34. The van der Waals surface area contributed by atoms with E-state index < -0.39 is 0 Å². The Morgan fingerprint density at radius 2 is 2.19 bits per heavy atom. The zero-order chi connectivity index (χ0) is 17.9. The molecule has 1 atom stereocenters. The topological polar surface area (TPSA) is 68.6 Å². The standard InChI is InChI=1S/C19H24N4O3/c1-22-11-9-20-18(22)8-6-15-4-2-3-10-23(15)19(24)21-14-5-7-16-17(12-14)26-13-25-16/h5,7,9,11-12,15H,2-4,6,8,10,13H2,1H3,(H,21,24). The summed E-state index contributed by atoms with van der Waals surface area (Å²) < 4.78 is 12.7. The molecule has 0 bridgehead atoms. The van der Waals surface area contributed by atoms with Crippen LogP contribution in [0.2, 0.25) is 0 Å². The molecule has 1 saturated heterocycles. The van der Waals surface area contributed by atoms with E-state index in [9.17, 15) is 4.79 Å². The minimum atomic E-state index is -0.0478. The van der Waals surface area contributed by atoms with Crippen LogP contribution in [0, 0.1) is 0 Å². The fraction of sp³-hybridized carbons (Fsp3) is 0.474. The molecule has 2 aliphatic rings. The fourth-order valence-corrected chi connectivity index (χ4v) is 3.67. The number of aromatic nitrogens is 2. The molecule has 7 nitrogen and oxygen atoms in total. The number of amides is 2. The molecule has 2 aliphatic heterocycles. The SMILES string of the molecule is Cn1ccnc1CCC1CCCCN1C(=O)Nc1ccc2c(c1)OCO2. The number of hydrogen-bond acceptors (Lipinski definition) is 4. The van der Waals surface area contributed by atoms with Gasteiger partial charge in [0.1, 0.15) is 5.82 Å². The lowest BCUT2D eigenvalue weighted by Gasteiger charge is -2.35. The molecule has 3 heterocycles. The fourth-order valence-electron chi connectivity index (χ4n) is 3.67. The van der Waals surface area contributed by atoms with Gasteiger partial charge in [-0.3, -0.25) is 0 Å². The van der Waals surface area contributed by atoms with Crippen LogP contribution < -0.4 is 14.8 Å². The maximum atomic E-state index is 12.8. The molecule has 0 saturated carbocycles. The summed E-state index contributed by atoms with van der Waals surface area (Å²) in [5.74, 6) is 2.45. The summed E-state index contributed by atoms with van der Waals surface area (Å²) in [4.78, 5) is 19.2. The van der Waals surface area contributed by atoms with Gasteiger partial charge in [-0.1, -0.05) is 0 Å². The number of rotatable bonds is 4. The van der Waals surface area contributed by atoms with E-state index in [1.54, 1.807) is 0 Å². The maximum absolute atomic E-state index is 12.8. The van der Waals surface area contributed by atoms with Crippen LogP contribution in [0.4, 0.5) is 10.5 Å². The molecule has 4 rings (SSSR count). The van der Waals surface area contributed by atoms with Crippen LogP contribution in [0.1, 0.15) is 31.5 Å². The van der Waals surface area contributed by atoms with Crippen LogP contribution in [-0.4, -0.2) is 39.9 Å². The molecule has 26 heavy (non-hydrogen) atoms. The first kappa shape index (κ1) is 16.8. The van der Waals surface area contributed by atoms with Crippen molar-refractivity contribution in [3.63, 3.8) is 0 Å². The van der Waals surface area contributed by atoms with Crippen molar-refractivity contribution in [1.29, 1.82) is 0 Å². The van der Waals surface area contributed by atoms with Crippen molar-refractivity contribution >= 4 is 11.7 Å². The molecule has 1 fully saturated rings. The number of likely N-dealkylation sites (tertiary alicyclic amines) is 1. The summed E-state index contributed by atoms with van der Waals surface area (Å²) in [7, 11) is 2.01. The average molecular weight is 356 g/mol. The van der Waals surface area contributed by atoms with Crippen LogP contribution in [-0.2, 0) is 13.5 Å². The van der Waals surface area contributed by atoms with Crippen LogP contribution in [0.25, 0.3) is 0 Å². The van der Waals surface area contributed by atoms with E-state index >= 15 is 0 Å². The van der Waals surface area contributed by atoms with Crippen LogP contribution in [0.15, 0.2) is 30.6 Å². The van der Waals surface area contributed by atoms with E-state index in [1.165, 1.54) is 6.42 Å². The molecular weight excluding hydrogens is 332 g/mol. The molecule has 7 heteroatoms. The Kier molecular flexibility index (Phi) is 4.69. The highest BCUT2D eigenvalue weighted by molar-refractivity contribution is 5.90. The predicted octanol–water partition coefficient (Wildman–Crippen LogP) is 3.17. The molecule has 1 unspecified atom stereocenters. The number of ether oxygens (including phenoxy) is 2. The smallest absolute Gasteiger partial charge is 0.322 e. The maximum Gasteiger partial charge on any atom is 0.322 e. The van der Waals surface area contributed by atoms with Gasteiger partial charge in [-0.25, -0.2) is 9.78 Å². The minimum absolute atomic E-state index is 0.0478. The van der Waals surface area contributed by atoms with E-state index in [1.807, 2.05) is 47.1 Å². The minimum Gasteiger partial charge on any atom is -0.454 e. The van der Waals surface area contributed by atoms with Crippen molar-refractivity contribution in [2.75, 3.05) is 18.7 Å². The van der Waals surface area contributed by atoms with Crippen molar-refractivity contribution in [2.45, 2.75) is 38.1 Å². The van der Waals surface area contributed by atoms with Crippen LogP contribution >= 0.6 is 0 Å². The molecule has 1 aromatic carbocycles. The highest BCUT2D eigenvalue weighted by Gasteiger charge is 2.27. The number of anilines is 1. The lowest BCUT2D eigenvalue weighted by molar-refractivity contribution is 0.157. The van der Waals surface area contributed by atoms with Gasteiger partial charge < -0.3 is 24.3 Å². The van der Waals surface area contributed by atoms with Crippen LogP contribution in [0.3, 0.4) is 0 Å². The van der Waals surface area contributed by atoms with E-state index in [-0.39, 0.29) is 18.9 Å². The number of fused-ring (bicyclic) bond motifs is 1. The molecule has 0 aliphatic carbocycles. The van der Waals surface area contributed by atoms with Gasteiger partial charge in [-0.15, -0.1) is 0 Å². The quantitative estimate of drug-likeness (QED) is 0.914. The summed E-state index contributed by atoms with van der Waals surface area (Å²) in [5.41, 5.74) is 0.729. The molecule has 1 N–H and O–H groups in total. The number of benzene rings is 1. The van der Waals surface area contributed by atoms with Crippen molar-refractivity contribution < 1.29 is 14.3 Å². The summed E-state index contributed by atoms with van der Waals surface area (Å²) in [5, 5.41) is 3.01. The Labute approximate surface area is 152 Å². The summed E-state index contributed by atoms with van der Waals surface area (Å²) >= 11 is 0. The number of carbonyl (C=O) groups is 1. The third-order valence-corrected chi connectivity index (χ3v) is 5.13. The van der Waals surface area contributed by atoms with E-state index in [0.717, 1.165) is 43.7 Å². The van der Waals surface area contributed by atoms with Crippen molar-refractivity contribution in [2.24, 2.45) is 7.05 Å². The van der Waals surface area contributed by atoms with Crippen LogP contribution in [0.5, 0.6) is 11.5 Å². The first-order valence-corrected chi connectivity index (χ1v) is 9.14. The van der Waals surface area contributed by atoms with Gasteiger partial charge in [0.2, 0.25) is 6.79 Å². The molecular formula is C19H24N4O3. The summed E-state index contributed by atoms with van der Waals surface area (Å²) in [6, 6.07) is 5.68. The number of aryl methyl sites for hydroxylation is 2. The van der Waals surface area contributed by atoms with Gasteiger partial charge in [-0.05, 0) is 37.8 Å². The zero-order valence-corrected chi connectivity index (χ0v) is 15.0. The first-order valence-electron chi connectivity index (χ1n) is 9.14. The van der Waals surface area contributed by atoms with E-state index in [0.29, 0.717) is 11.5 Å². The molecule has 1 aromatic heterocycles. The lowest BCUT2D eigenvalue weighted by atomic mass is 9.98. The van der Waals surface area contributed by atoms with Gasteiger partial charge in [-0.2, -0.15) is 0 Å². The third kappa shape index (κ3) is 3.47. The molecule has 138 valence electrons. The second-order valence-electron chi connectivity index (χ2n) is 6.83. The number of nitrogens with one attached hydrogen (secondary N) is 1. The molecule has 0 spiro atoms. The first-order chi connectivity index (χ1) is 12.7. The van der Waals surface area contributed by atoms with Gasteiger partial charge in [0.05, 0.1) is 0 Å². The van der Waals surface area contributed by atoms with Gasteiger partial charge >= 0.3 is 6.03 Å². The Morgan fingerprint density at radius 3 is 3.04 bits per heavy atom. The number of urea groups is 1. The lowest BCUT2D eigenvalue weighted by Crippen LogP contribution is -2.46. The number of imidazole rings is 1. The number of carbonyl (C=O) groups excluding carboxylic acids is 1. The van der Waals surface area contributed by atoms with Gasteiger partial charge in [0.15, 0.2) is 11.5 Å². The number of nitrogens with zero attached hydrogens (tertiary/aromatic N) is 3. The normalized spacial score (nSPS) is 18.8. The largest absolute Gasteiger partial charge is 0.454 e. The third-order valence-electron chi connectivity index (χ3n) is 5.13. The Morgan fingerprint density at radius 1 is 1.31 bits per heavy atom. The second-order valence-corrected chi connectivity index (χ2v) is 6.83. The van der Waals surface area contributed by atoms with Gasteiger partial charge in [0, 0.05) is 50.2 Å². The van der Waals surface area contributed by atoms with Crippen molar-refractivity contribution in [3.8, 4) is 11.5 Å². The van der Waals surface area contributed by atoms with E-state index in [4.69, 9.17) is 9.47 Å². The molecule has 2 amide bonds. The second kappa shape index (κ2) is 7.27. The molecule has 2 aromatic rings. The predicted molar refractivity (Wildman–Crippen MR) is 97.5 cm³/mol. The monoisotopic (exact) mass is 356 g/mol. The highest BCUT2D eigenvalue weighted by atomic mass is 16.7. The van der Waals surface area contributed by atoms with Crippen molar-refractivity contribution in [1.82, 2.24) is 14.5 Å². The summed E-state index contributed by atoms with van der Waals surface area (Å²) in [6.07, 6.45) is 8.84. The Bertz CT molecular complexity index is 789. The average Bonchev–Trinajstić information content (AvgIpc) is 3.28. The number of piperidine rings is 1. The summed E-state index contributed by atoms with van der Waals surface area (Å²) in [6.45, 7) is 1.02. The number of hydrogen-bond donors (Lipinski definition) is 1. The zero-order valence-electron chi connectivity index (χ0n) is 15.0. The Balaban J connectivity index is 1.40. The molecule has 0 radical (unpaired) electrons. The Hall–Kier alpha value is -2.70. The van der Waals surface area contributed by atoms with E-state index in [2.05, 4.69) is 10.3 Å².